The molecule has 3 fully saturated rings. The molecule has 194 valence electrons. The van der Waals surface area contributed by atoms with Gasteiger partial charge in [-0.1, -0.05) is 58.6 Å². The van der Waals surface area contributed by atoms with E-state index in [2.05, 4.69) is 39.1 Å². The van der Waals surface area contributed by atoms with Gasteiger partial charge in [0.05, 0.1) is 0 Å². The molecule has 7 atom stereocenters. The van der Waals surface area contributed by atoms with Crippen molar-refractivity contribution in [2.45, 2.75) is 117 Å². The molecule has 4 aliphatic rings. The fourth-order valence-electron chi connectivity index (χ4n) is 8.74. The maximum atomic E-state index is 12.2. The molecule has 0 spiro atoms. The van der Waals surface area contributed by atoms with Gasteiger partial charge in [-0.25, -0.2) is 4.79 Å². The van der Waals surface area contributed by atoms with Crippen molar-refractivity contribution >= 4 is 6.09 Å². The normalized spacial score (nSPS) is 39.1. The van der Waals surface area contributed by atoms with Crippen molar-refractivity contribution < 1.29 is 9.53 Å². The third-order valence-corrected chi connectivity index (χ3v) is 10.8. The Bertz CT molecular complexity index is 733. The number of ether oxygens (including phenoxy) is 1. The van der Waals surface area contributed by atoms with Gasteiger partial charge < -0.3 is 15.8 Å². The quantitative estimate of drug-likeness (QED) is 0.275. The summed E-state index contributed by atoms with van der Waals surface area (Å²) in [5, 5.41) is 2.85. The number of nitrogens with one attached hydrogen (secondary N) is 1. The molecule has 0 saturated heterocycles. The Labute approximate surface area is 209 Å². The van der Waals surface area contributed by atoms with Crippen LogP contribution < -0.4 is 11.1 Å². The maximum absolute atomic E-state index is 12.2. The van der Waals surface area contributed by atoms with Crippen LogP contribution >= 0.6 is 0 Å². The van der Waals surface area contributed by atoms with E-state index in [1.807, 2.05) is 0 Å². The molecular weight excluding hydrogens is 420 g/mol. The number of carbonyl (C=O) groups excluding carboxylic acids is 1. The summed E-state index contributed by atoms with van der Waals surface area (Å²) in [6.07, 6.45) is 19.0. The molecule has 0 bridgehead atoms. The standard InChI is InChI=1S/C30H52N2O2/c1-21(2)8-5-6-9-22-11-13-26-25-12-10-23-20-24(34-28(33)32-19-7-18-31)14-16-30(23,4)27(25)15-17-29(22,26)3/h10,21-22,24-27H,5-9,11-20,31H2,1-4H3,(H,32,33). The van der Waals surface area contributed by atoms with Crippen LogP contribution in [0.2, 0.25) is 0 Å². The number of alkyl carbamates (subject to hydrolysis) is 1. The summed E-state index contributed by atoms with van der Waals surface area (Å²) in [6.45, 7) is 11.1. The lowest BCUT2D eigenvalue weighted by Crippen LogP contribution is -2.50. The summed E-state index contributed by atoms with van der Waals surface area (Å²) in [4.78, 5) is 12.2. The topological polar surface area (TPSA) is 64.3 Å². The minimum absolute atomic E-state index is 0.0318. The van der Waals surface area contributed by atoms with Gasteiger partial charge in [-0.05, 0) is 105 Å². The van der Waals surface area contributed by atoms with E-state index in [4.69, 9.17) is 10.5 Å². The number of carbonyl (C=O) groups is 1. The molecular formula is C30H52N2O2. The van der Waals surface area contributed by atoms with Crippen LogP contribution in [-0.2, 0) is 4.74 Å². The molecule has 0 radical (unpaired) electrons. The van der Waals surface area contributed by atoms with Crippen LogP contribution in [0.1, 0.15) is 111 Å². The number of amides is 1. The summed E-state index contributed by atoms with van der Waals surface area (Å²) in [7, 11) is 0. The van der Waals surface area contributed by atoms with Gasteiger partial charge in [-0.2, -0.15) is 0 Å². The lowest BCUT2D eigenvalue weighted by atomic mass is 9.47. The lowest BCUT2D eigenvalue weighted by Gasteiger charge is -2.58. The molecule has 4 aliphatic carbocycles. The Balaban J connectivity index is 1.36. The summed E-state index contributed by atoms with van der Waals surface area (Å²) in [6, 6.07) is 0. The summed E-state index contributed by atoms with van der Waals surface area (Å²) < 4.78 is 5.80. The van der Waals surface area contributed by atoms with Gasteiger partial charge in [0.15, 0.2) is 0 Å². The third-order valence-electron chi connectivity index (χ3n) is 10.8. The second-order valence-electron chi connectivity index (χ2n) is 13.1. The van der Waals surface area contributed by atoms with Gasteiger partial charge >= 0.3 is 6.09 Å². The third kappa shape index (κ3) is 5.22. The van der Waals surface area contributed by atoms with Crippen molar-refractivity contribution in [3.63, 3.8) is 0 Å². The Hall–Kier alpha value is -1.03. The van der Waals surface area contributed by atoms with Crippen molar-refractivity contribution in [3.05, 3.63) is 11.6 Å². The van der Waals surface area contributed by atoms with Crippen molar-refractivity contribution in [1.29, 1.82) is 0 Å². The van der Waals surface area contributed by atoms with Crippen LogP contribution in [0.15, 0.2) is 11.6 Å². The first-order chi connectivity index (χ1) is 16.3. The van der Waals surface area contributed by atoms with Gasteiger partial charge in [0.1, 0.15) is 6.10 Å². The summed E-state index contributed by atoms with van der Waals surface area (Å²) in [5.74, 6) is 4.40. The average molecular weight is 473 g/mol. The van der Waals surface area contributed by atoms with E-state index in [-0.39, 0.29) is 12.2 Å². The molecule has 34 heavy (non-hydrogen) atoms. The molecule has 0 aliphatic heterocycles. The van der Waals surface area contributed by atoms with E-state index in [1.165, 1.54) is 64.2 Å². The van der Waals surface area contributed by atoms with E-state index < -0.39 is 0 Å². The second kappa shape index (κ2) is 10.9. The number of fused-ring (bicyclic) bond motifs is 5. The largest absolute Gasteiger partial charge is 0.446 e. The molecule has 3 N–H and O–H groups in total. The van der Waals surface area contributed by atoms with Gasteiger partial charge in [-0.15, -0.1) is 0 Å². The minimum Gasteiger partial charge on any atom is -0.446 e. The number of rotatable bonds is 9. The highest BCUT2D eigenvalue weighted by Crippen LogP contribution is 2.66. The molecule has 0 aromatic rings. The highest BCUT2D eigenvalue weighted by molar-refractivity contribution is 5.67. The molecule has 3 saturated carbocycles. The van der Waals surface area contributed by atoms with Crippen molar-refractivity contribution in [1.82, 2.24) is 5.32 Å². The maximum Gasteiger partial charge on any atom is 0.407 e. The minimum atomic E-state index is -0.268. The predicted octanol–water partition coefficient (Wildman–Crippen LogP) is 7.23. The fraction of sp³-hybridized carbons (Fsp3) is 0.900. The van der Waals surface area contributed by atoms with E-state index >= 15 is 0 Å². The number of nitrogens with two attached hydrogens (primary N) is 1. The molecule has 1 amide bonds. The summed E-state index contributed by atoms with van der Waals surface area (Å²) in [5.41, 5.74) is 8.00. The van der Waals surface area contributed by atoms with Crippen LogP contribution in [-0.4, -0.2) is 25.3 Å². The van der Waals surface area contributed by atoms with Crippen molar-refractivity contribution in [3.8, 4) is 0 Å². The molecule has 7 unspecified atom stereocenters. The van der Waals surface area contributed by atoms with Crippen LogP contribution in [0.3, 0.4) is 0 Å². The molecule has 4 nitrogen and oxygen atoms in total. The van der Waals surface area contributed by atoms with Gasteiger partial charge in [-0.3, -0.25) is 0 Å². The Morgan fingerprint density at radius 2 is 1.94 bits per heavy atom. The first-order valence-corrected chi connectivity index (χ1v) is 14.6. The Kier molecular flexibility index (Phi) is 8.37. The van der Waals surface area contributed by atoms with Crippen LogP contribution in [0.5, 0.6) is 0 Å². The highest BCUT2D eigenvalue weighted by Gasteiger charge is 2.58. The molecule has 0 aromatic heterocycles. The van der Waals surface area contributed by atoms with Crippen LogP contribution in [0.25, 0.3) is 0 Å². The van der Waals surface area contributed by atoms with E-state index in [1.54, 1.807) is 5.57 Å². The van der Waals surface area contributed by atoms with E-state index in [9.17, 15) is 4.79 Å². The van der Waals surface area contributed by atoms with Gasteiger partial charge in [0.2, 0.25) is 0 Å². The average Bonchev–Trinajstić information content (AvgIpc) is 3.13. The van der Waals surface area contributed by atoms with Crippen molar-refractivity contribution in [2.75, 3.05) is 13.1 Å². The van der Waals surface area contributed by atoms with Gasteiger partial charge in [0, 0.05) is 13.0 Å². The van der Waals surface area contributed by atoms with Gasteiger partial charge in [0.25, 0.3) is 0 Å². The number of hydrogen-bond acceptors (Lipinski definition) is 3. The van der Waals surface area contributed by atoms with E-state index in [0.29, 0.717) is 23.9 Å². The van der Waals surface area contributed by atoms with Crippen molar-refractivity contribution in [2.24, 2.45) is 46.2 Å². The SMILES string of the molecule is CC(C)CCCCC1CCC2C3CC=C4CC(OC(=O)NCCCN)CCC4(C)C3CCC12C. The first kappa shape index (κ1) is 26.0. The fourth-order valence-corrected chi connectivity index (χ4v) is 8.74. The zero-order valence-corrected chi connectivity index (χ0v) is 22.5. The summed E-state index contributed by atoms with van der Waals surface area (Å²) >= 11 is 0. The number of hydrogen-bond donors (Lipinski definition) is 2. The molecule has 4 heteroatoms. The molecule has 0 heterocycles. The highest BCUT2D eigenvalue weighted by atomic mass is 16.6. The lowest BCUT2D eigenvalue weighted by molar-refractivity contribution is -0.0519. The van der Waals surface area contributed by atoms with E-state index in [0.717, 1.165) is 48.9 Å². The Morgan fingerprint density at radius 3 is 2.71 bits per heavy atom. The smallest absolute Gasteiger partial charge is 0.407 e. The van der Waals surface area contributed by atoms with Crippen LogP contribution in [0, 0.1) is 40.4 Å². The monoisotopic (exact) mass is 472 g/mol. The molecule has 4 rings (SSSR count). The predicted molar refractivity (Wildman–Crippen MR) is 140 cm³/mol. The van der Waals surface area contributed by atoms with Crippen LogP contribution in [0.4, 0.5) is 4.79 Å². The molecule has 0 aromatic carbocycles. The Morgan fingerprint density at radius 1 is 1.12 bits per heavy atom. The second-order valence-corrected chi connectivity index (χ2v) is 13.1. The zero-order chi connectivity index (χ0) is 24.3. The first-order valence-electron chi connectivity index (χ1n) is 14.6. The zero-order valence-electron chi connectivity index (χ0n) is 22.5. The number of unbranched alkanes of at least 4 members (excludes halogenated alkanes) is 1. The number of allylic oxidation sites excluding steroid dienone is 1.